The van der Waals surface area contributed by atoms with E-state index in [2.05, 4.69) is 9.71 Å². The highest BCUT2D eigenvalue weighted by Crippen LogP contribution is 2.24. The van der Waals surface area contributed by atoms with Crippen LogP contribution in [0.3, 0.4) is 0 Å². The van der Waals surface area contributed by atoms with E-state index in [-0.39, 0.29) is 22.7 Å². The number of nitro groups is 1. The van der Waals surface area contributed by atoms with Gasteiger partial charge in [-0.25, -0.2) is 18.1 Å². The summed E-state index contributed by atoms with van der Waals surface area (Å²) in [4.78, 5) is 14.5. The van der Waals surface area contributed by atoms with Crippen LogP contribution in [0.25, 0.3) is 0 Å². The van der Waals surface area contributed by atoms with Crippen molar-refractivity contribution >= 4 is 27.0 Å². The molecular formula is C13H15N3O4S2. The van der Waals surface area contributed by atoms with Gasteiger partial charge in [-0.1, -0.05) is 6.07 Å². The van der Waals surface area contributed by atoms with Crippen molar-refractivity contribution < 1.29 is 13.3 Å². The number of nitro benzene ring substituents is 1. The van der Waals surface area contributed by atoms with E-state index in [0.717, 1.165) is 10.7 Å². The van der Waals surface area contributed by atoms with Crippen molar-refractivity contribution in [3.05, 3.63) is 50.0 Å². The third-order valence-electron chi connectivity index (χ3n) is 3.08. The molecule has 1 aromatic carbocycles. The Morgan fingerprint density at radius 2 is 2.09 bits per heavy atom. The minimum Gasteiger partial charge on any atom is -0.258 e. The van der Waals surface area contributed by atoms with Crippen molar-refractivity contribution in [2.45, 2.75) is 25.2 Å². The van der Waals surface area contributed by atoms with Gasteiger partial charge >= 0.3 is 0 Å². The number of hydrogen-bond acceptors (Lipinski definition) is 6. The first kappa shape index (κ1) is 16.5. The van der Waals surface area contributed by atoms with Crippen molar-refractivity contribution in [2.24, 2.45) is 0 Å². The van der Waals surface area contributed by atoms with Crippen LogP contribution < -0.4 is 4.72 Å². The van der Waals surface area contributed by atoms with Gasteiger partial charge in [0.1, 0.15) is 0 Å². The summed E-state index contributed by atoms with van der Waals surface area (Å²) >= 11 is 1.50. The summed E-state index contributed by atoms with van der Waals surface area (Å²) in [5.74, 6) is 0. The molecule has 2 aromatic rings. The number of thiazole rings is 1. The van der Waals surface area contributed by atoms with Crippen LogP contribution in [-0.2, 0) is 16.4 Å². The second kappa shape index (κ2) is 6.51. The number of nitrogens with zero attached hydrogens (tertiary/aromatic N) is 2. The number of nitrogens with one attached hydrogen (secondary N) is 1. The molecule has 0 aliphatic carbocycles. The Balaban J connectivity index is 2.13. The summed E-state index contributed by atoms with van der Waals surface area (Å²) in [7, 11) is -3.79. The van der Waals surface area contributed by atoms with E-state index >= 15 is 0 Å². The predicted molar refractivity (Wildman–Crippen MR) is 83.6 cm³/mol. The zero-order valence-electron chi connectivity index (χ0n) is 12.1. The molecule has 2 rings (SSSR count). The number of benzene rings is 1. The molecule has 0 aliphatic rings. The van der Waals surface area contributed by atoms with E-state index in [9.17, 15) is 18.5 Å². The molecule has 1 aromatic heterocycles. The minimum atomic E-state index is -3.79. The minimum absolute atomic E-state index is 0.0730. The largest absolute Gasteiger partial charge is 0.273 e. The fraction of sp³-hybridized carbons (Fsp3) is 0.308. The van der Waals surface area contributed by atoms with Gasteiger partial charge in [-0.3, -0.25) is 10.1 Å². The zero-order chi connectivity index (χ0) is 16.3. The summed E-state index contributed by atoms with van der Waals surface area (Å²) in [5, 5.41) is 13.7. The number of hydrogen-bond donors (Lipinski definition) is 1. The van der Waals surface area contributed by atoms with Crippen molar-refractivity contribution in [1.29, 1.82) is 0 Å². The maximum absolute atomic E-state index is 12.3. The first-order valence-electron chi connectivity index (χ1n) is 6.46. The van der Waals surface area contributed by atoms with Crippen LogP contribution in [0.5, 0.6) is 0 Å². The second-order valence-corrected chi connectivity index (χ2v) is 7.46. The van der Waals surface area contributed by atoms with Crippen LogP contribution in [0, 0.1) is 24.0 Å². The lowest BCUT2D eigenvalue weighted by molar-refractivity contribution is -0.385. The molecule has 0 atom stereocenters. The number of sulfonamides is 1. The van der Waals surface area contributed by atoms with Gasteiger partial charge in [0.25, 0.3) is 5.69 Å². The Bertz CT molecular complexity index is 799. The molecule has 7 nitrogen and oxygen atoms in total. The highest BCUT2D eigenvalue weighted by molar-refractivity contribution is 7.89. The molecule has 0 amide bonds. The standard InChI is InChI=1S/C13H15N3O4S2/c1-9-12(16(17)18)4-3-5-13(9)22(19,20)14-7-6-11-8-21-10(2)15-11/h3-5,8,14H,6-7H2,1-2H3. The Hall–Kier alpha value is -1.84. The van der Waals surface area contributed by atoms with Gasteiger partial charge in [0, 0.05) is 30.0 Å². The molecule has 1 N–H and O–H groups in total. The first-order valence-corrected chi connectivity index (χ1v) is 8.82. The van der Waals surface area contributed by atoms with E-state index < -0.39 is 14.9 Å². The van der Waals surface area contributed by atoms with Crippen LogP contribution in [0.1, 0.15) is 16.3 Å². The molecule has 22 heavy (non-hydrogen) atoms. The van der Waals surface area contributed by atoms with Gasteiger partial charge in [-0.2, -0.15) is 0 Å². The maximum atomic E-state index is 12.3. The van der Waals surface area contributed by atoms with E-state index in [0.29, 0.717) is 6.42 Å². The van der Waals surface area contributed by atoms with Crippen LogP contribution in [-0.4, -0.2) is 24.9 Å². The van der Waals surface area contributed by atoms with E-state index in [1.54, 1.807) is 0 Å². The van der Waals surface area contributed by atoms with Crippen molar-refractivity contribution in [3.63, 3.8) is 0 Å². The van der Waals surface area contributed by atoms with Crippen molar-refractivity contribution in [3.8, 4) is 0 Å². The number of rotatable bonds is 6. The first-order chi connectivity index (χ1) is 10.3. The Labute approximate surface area is 132 Å². The Morgan fingerprint density at radius 1 is 1.36 bits per heavy atom. The van der Waals surface area contributed by atoms with Gasteiger partial charge in [0.05, 0.1) is 20.5 Å². The lowest BCUT2D eigenvalue weighted by Crippen LogP contribution is -2.26. The monoisotopic (exact) mass is 341 g/mol. The molecule has 0 saturated heterocycles. The fourth-order valence-electron chi connectivity index (χ4n) is 2.01. The summed E-state index contributed by atoms with van der Waals surface area (Å²) in [5.41, 5.74) is 0.739. The lowest BCUT2D eigenvalue weighted by atomic mass is 10.2. The smallest absolute Gasteiger partial charge is 0.258 e. The molecule has 1 heterocycles. The van der Waals surface area contributed by atoms with Crippen molar-refractivity contribution in [2.75, 3.05) is 6.54 Å². The molecule has 0 unspecified atom stereocenters. The van der Waals surface area contributed by atoms with Gasteiger partial charge in [-0.05, 0) is 19.9 Å². The average Bonchev–Trinajstić information content (AvgIpc) is 2.84. The molecule has 0 saturated carbocycles. The highest BCUT2D eigenvalue weighted by Gasteiger charge is 2.22. The molecule has 0 fully saturated rings. The van der Waals surface area contributed by atoms with E-state index in [4.69, 9.17) is 0 Å². The van der Waals surface area contributed by atoms with Gasteiger partial charge in [0.2, 0.25) is 10.0 Å². The second-order valence-electron chi connectivity index (χ2n) is 4.66. The number of aryl methyl sites for hydroxylation is 1. The maximum Gasteiger partial charge on any atom is 0.273 e. The van der Waals surface area contributed by atoms with Gasteiger partial charge in [-0.15, -0.1) is 11.3 Å². The summed E-state index contributed by atoms with van der Waals surface area (Å²) < 4.78 is 27.0. The molecular weight excluding hydrogens is 326 g/mol. The fourth-order valence-corrected chi connectivity index (χ4v) is 3.94. The third-order valence-corrected chi connectivity index (χ3v) is 5.51. The third kappa shape index (κ3) is 3.67. The highest BCUT2D eigenvalue weighted by atomic mass is 32.2. The Morgan fingerprint density at radius 3 is 2.68 bits per heavy atom. The van der Waals surface area contributed by atoms with Crippen LogP contribution >= 0.6 is 11.3 Å². The molecule has 9 heteroatoms. The molecule has 0 radical (unpaired) electrons. The topological polar surface area (TPSA) is 102 Å². The lowest BCUT2D eigenvalue weighted by Gasteiger charge is -2.08. The van der Waals surface area contributed by atoms with Gasteiger partial charge in [0.15, 0.2) is 0 Å². The van der Waals surface area contributed by atoms with Gasteiger partial charge < -0.3 is 0 Å². The molecule has 0 spiro atoms. The quantitative estimate of drug-likeness (QED) is 0.641. The summed E-state index contributed by atoms with van der Waals surface area (Å²) in [6, 6.07) is 4.01. The van der Waals surface area contributed by atoms with E-state index in [1.165, 1.54) is 36.5 Å². The normalized spacial score (nSPS) is 11.5. The number of aromatic nitrogens is 1. The molecule has 0 aliphatic heterocycles. The van der Waals surface area contributed by atoms with Crippen LogP contribution in [0.4, 0.5) is 5.69 Å². The average molecular weight is 341 g/mol. The Kier molecular flexibility index (Phi) is 4.89. The predicted octanol–water partition coefficient (Wildman–Crippen LogP) is 2.19. The molecule has 0 bridgehead atoms. The summed E-state index contributed by atoms with van der Waals surface area (Å²) in [6.45, 7) is 3.49. The van der Waals surface area contributed by atoms with Crippen LogP contribution in [0.2, 0.25) is 0 Å². The SMILES string of the molecule is Cc1nc(CCNS(=O)(=O)c2cccc([N+](=O)[O-])c2C)cs1. The van der Waals surface area contributed by atoms with Crippen molar-refractivity contribution in [1.82, 2.24) is 9.71 Å². The summed E-state index contributed by atoms with van der Waals surface area (Å²) in [6.07, 6.45) is 0.470. The zero-order valence-corrected chi connectivity index (χ0v) is 13.7. The van der Waals surface area contributed by atoms with Crippen LogP contribution in [0.15, 0.2) is 28.5 Å². The molecule has 118 valence electrons. The van der Waals surface area contributed by atoms with E-state index in [1.807, 2.05) is 12.3 Å².